The molecule has 0 saturated carbocycles. The van der Waals surface area contributed by atoms with Crippen molar-refractivity contribution >= 4 is 27.2 Å². The minimum atomic E-state index is -4.33. The maximum Gasteiger partial charge on any atom is 0.416 e. The predicted octanol–water partition coefficient (Wildman–Crippen LogP) is 6.05. The summed E-state index contributed by atoms with van der Waals surface area (Å²) in [7, 11) is 0. The van der Waals surface area contributed by atoms with Crippen molar-refractivity contribution in [2.24, 2.45) is 0 Å². The minimum absolute atomic E-state index is 0.234. The first-order valence-electron chi connectivity index (χ1n) is 9.90. The van der Waals surface area contributed by atoms with Gasteiger partial charge >= 0.3 is 6.18 Å². The monoisotopic (exact) mass is 461 g/mol. The summed E-state index contributed by atoms with van der Waals surface area (Å²) in [5.74, 6) is -0.559. The molecule has 2 aromatic heterocycles. The van der Waals surface area contributed by atoms with Crippen LogP contribution in [0.25, 0.3) is 21.2 Å². The van der Waals surface area contributed by atoms with Crippen LogP contribution in [0.1, 0.15) is 23.2 Å². The summed E-state index contributed by atoms with van der Waals surface area (Å²) in [6, 6.07) is 12.1. The Labute approximate surface area is 185 Å². The van der Waals surface area contributed by atoms with E-state index in [9.17, 15) is 22.7 Å². The maximum absolute atomic E-state index is 13.5. The lowest BCUT2D eigenvalue weighted by atomic mass is 10.1. The zero-order chi connectivity index (χ0) is 22.7. The van der Waals surface area contributed by atoms with E-state index in [4.69, 9.17) is 0 Å². The van der Waals surface area contributed by atoms with E-state index in [1.54, 1.807) is 0 Å². The molecule has 4 aromatic rings. The van der Waals surface area contributed by atoms with E-state index in [0.29, 0.717) is 35.6 Å². The van der Waals surface area contributed by atoms with Gasteiger partial charge in [0.05, 0.1) is 22.7 Å². The van der Waals surface area contributed by atoms with Crippen molar-refractivity contribution in [3.8, 4) is 10.4 Å². The number of anilines is 1. The topological polar surface area (TPSA) is 58.0 Å². The number of nitrogens with one attached hydrogen (secondary N) is 1. The van der Waals surface area contributed by atoms with Crippen LogP contribution < -0.4 is 5.32 Å². The Bertz CT molecular complexity index is 1220. The van der Waals surface area contributed by atoms with E-state index in [2.05, 4.69) is 15.3 Å². The minimum Gasteiger partial charge on any atom is -0.390 e. The van der Waals surface area contributed by atoms with E-state index >= 15 is 0 Å². The molecule has 0 saturated heterocycles. The average Bonchev–Trinajstić information content (AvgIpc) is 3.19. The van der Waals surface area contributed by atoms with Crippen LogP contribution in [0.15, 0.2) is 54.7 Å². The number of aliphatic hydroxyl groups excluding tert-OH is 1. The molecule has 0 fully saturated rings. The molecule has 166 valence electrons. The molecule has 0 radical (unpaired) electrons. The van der Waals surface area contributed by atoms with Crippen molar-refractivity contribution in [2.45, 2.75) is 25.6 Å². The fourth-order valence-electron chi connectivity index (χ4n) is 3.36. The van der Waals surface area contributed by atoms with Gasteiger partial charge in [-0.1, -0.05) is 35.6 Å². The fraction of sp³-hybridized carbons (Fsp3) is 0.217. The van der Waals surface area contributed by atoms with Gasteiger partial charge in [0.15, 0.2) is 5.13 Å². The highest BCUT2D eigenvalue weighted by Gasteiger charge is 2.29. The Morgan fingerprint density at radius 2 is 1.78 bits per heavy atom. The number of thiazole rings is 1. The predicted molar refractivity (Wildman–Crippen MR) is 117 cm³/mol. The van der Waals surface area contributed by atoms with Crippen LogP contribution in [0.5, 0.6) is 0 Å². The molecule has 0 aliphatic heterocycles. The highest BCUT2D eigenvalue weighted by Crippen LogP contribution is 2.35. The smallest absolute Gasteiger partial charge is 0.390 e. The van der Waals surface area contributed by atoms with E-state index in [1.807, 2.05) is 18.2 Å². The van der Waals surface area contributed by atoms with Gasteiger partial charge in [-0.3, -0.25) is 0 Å². The zero-order valence-corrected chi connectivity index (χ0v) is 17.6. The molecule has 2 heterocycles. The molecule has 0 spiro atoms. The summed E-state index contributed by atoms with van der Waals surface area (Å²) in [4.78, 5) is 8.87. The summed E-state index contributed by atoms with van der Waals surface area (Å²) < 4.78 is 51.4. The molecule has 9 heteroatoms. The van der Waals surface area contributed by atoms with Crippen LogP contribution in [0, 0.1) is 5.95 Å². The van der Waals surface area contributed by atoms with Crippen molar-refractivity contribution in [3.05, 3.63) is 77.5 Å². The summed E-state index contributed by atoms with van der Waals surface area (Å²) in [6.45, 7) is 0.343. The Balaban J connectivity index is 1.40. The van der Waals surface area contributed by atoms with Crippen LogP contribution in [0.2, 0.25) is 0 Å². The van der Waals surface area contributed by atoms with Gasteiger partial charge in [0.2, 0.25) is 5.95 Å². The van der Waals surface area contributed by atoms with Crippen LogP contribution in [-0.4, -0.2) is 21.6 Å². The van der Waals surface area contributed by atoms with Gasteiger partial charge in [-0.25, -0.2) is 9.97 Å². The average molecular weight is 461 g/mol. The zero-order valence-electron chi connectivity index (χ0n) is 16.8. The van der Waals surface area contributed by atoms with Gasteiger partial charge in [-0.05, 0) is 47.6 Å². The largest absolute Gasteiger partial charge is 0.416 e. The lowest BCUT2D eigenvalue weighted by molar-refractivity contribution is -0.137. The second-order valence-corrected chi connectivity index (χ2v) is 8.25. The Kier molecular flexibility index (Phi) is 6.38. The molecule has 4 nitrogen and oxygen atoms in total. The summed E-state index contributed by atoms with van der Waals surface area (Å²) >= 11 is 1.38. The van der Waals surface area contributed by atoms with Gasteiger partial charge < -0.3 is 10.4 Å². The van der Waals surface area contributed by atoms with Crippen molar-refractivity contribution in [2.75, 3.05) is 11.9 Å². The number of benzene rings is 2. The van der Waals surface area contributed by atoms with Gasteiger partial charge in [0.25, 0.3) is 0 Å². The first-order chi connectivity index (χ1) is 15.3. The lowest BCUT2D eigenvalue weighted by Crippen LogP contribution is -2.05. The third kappa shape index (κ3) is 5.05. The van der Waals surface area contributed by atoms with Crippen molar-refractivity contribution < 1.29 is 22.7 Å². The Morgan fingerprint density at radius 1 is 1.00 bits per heavy atom. The molecule has 4 rings (SSSR count). The summed E-state index contributed by atoms with van der Waals surface area (Å²) in [5, 5.41) is 15.1. The molecular weight excluding hydrogens is 442 g/mol. The van der Waals surface area contributed by atoms with E-state index in [1.165, 1.54) is 35.7 Å². The molecule has 2 aromatic carbocycles. The molecule has 0 aliphatic carbocycles. The van der Waals surface area contributed by atoms with Crippen LogP contribution in [0.4, 0.5) is 22.7 Å². The fourth-order valence-corrected chi connectivity index (χ4v) is 4.36. The highest BCUT2D eigenvalue weighted by molar-refractivity contribution is 7.19. The number of hydrogen-bond acceptors (Lipinski definition) is 5. The van der Waals surface area contributed by atoms with Gasteiger partial charge in [-0.2, -0.15) is 17.6 Å². The van der Waals surface area contributed by atoms with E-state index in [0.717, 1.165) is 33.5 Å². The first kappa shape index (κ1) is 22.2. The number of hydrogen-bond donors (Lipinski definition) is 2. The van der Waals surface area contributed by atoms with Crippen LogP contribution in [0.3, 0.4) is 0 Å². The molecule has 0 unspecified atom stereocenters. The third-order valence-corrected chi connectivity index (χ3v) is 6.10. The number of aromatic nitrogens is 2. The van der Waals surface area contributed by atoms with Crippen molar-refractivity contribution in [1.29, 1.82) is 0 Å². The number of nitrogens with zero attached hydrogens (tertiary/aromatic N) is 2. The highest BCUT2D eigenvalue weighted by atomic mass is 32.1. The standard InChI is InChI=1S/C23H19F4N3OS/c24-20-11-17-10-15(5-6-16(17)12-29-20)21-19(13-31)30-22(32-21)28-9-1-2-14-3-7-18(8-4-14)23(25,26)27/h3-8,10-12,31H,1-2,9,13H2,(H,28,30). The number of alkyl halides is 3. The SMILES string of the molecule is OCc1nc(NCCCc2ccc(C(F)(F)F)cc2)sc1-c1ccc2cnc(F)cc2c1. The van der Waals surface area contributed by atoms with Crippen molar-refractivity contribution in [1.82, 2.24) is 9.97 Å². The summed E-state index contributed by atoms with van der Waals surface area (Å²) in [5.41, 5.74) is 1.52. The maximum atomic E-state index is 13.5. The molecule has 0 atom stereocenters. The number of aliphatic hydroxyl groups is 1. The normalized spacial score (nSPS) is 11.8. The van der Waals surface area contributed by atoms with Crippen LogP contribution >= 0.6 is 11.3 Å². The second-order valence-electron chi connectivity index (χ2n) is 7.25. The molecule has 0 aliphatic rings. The third-order valence-electron chi connectivity index (χ3n) is 5.00. The van der Waals surface area contributed by atoms with E-state index < -0.39 is 17.7 Å². The number of aryl methyl sites for hydroxylation is 1. The Hall–Kier alpha value is -3.04. The van der Waals surface area contributed by atoms with Gasteiger partial charge in [0, 0.05) is 24.2 Å². The molecule has 32 heavy (non-hydrogen) atoms. The lowest BCUT2D eigenvalue weighted by Gasteiger charge is -2.07. The number of fused-ring (bicyclic) bond motifs is 1. The molecule has 2 N–H and O–H groups in total. The Morgan fingerprint density at radius 3 is 2.50 bits per heavy atom. The first-order valence-corrected chi connectivity index (χ1v) is 10.7. The molecular formula is C23H19F4N3OS. The van der Waals surface area contributed by atoms with Gasteiger partial charge in [0.1, 0.15) is 0 Å². The van der Waals surface area contributed by atoms with Gasteiger partial charge in [-0.15, -0.1) is 0 Å². The van der Waals surface area contributed by atoms with E-state index in [-0.39, 0.29) is 6.61 Å². The molecule has 0 amide bonds. The molecule has 0 bridgehead atoms. The quantitative estimate of drug-likeness (QED) is 0.200. The summed E-state index contributed by atoms with van der Waals surface area (Å²) in [6.07, 6.45) is -1.53. The van der Waals surface area contributed by atoms with Crippen molar-refractivity contribution in [3.63, 3.8) is 0 Å². The number of halogens is 4. The van der Waals surface area contributed by atoms with Crippen LogP contribution in [-0.2, 0) is 19.2 Å². The number of pyridine rings is 1. The second kappa shape index (κ2) is 9.22. The number of rotatable bonds is 7.